The van der Waals surface area contributed by atoms with E-state index in [-0.39, 0.29) is 23.8 Å². The zero-order valence-electron chi connectivity index (χ0n) is 25.0. The van der Waals surface area contributed by atoms with Crippen molar-refractivity contribution in [2.45, 2.75) is 64.2 Å². The van der Waals surface area contributed by atoms with Gasteiger partial charge in [-0.3, -0.25) is 13.3 Å². The van der Waals surface area contributed by atoms with E-state index in [4.69, 9.17) is 25.3 Å². The number of fused-ring (bicyclic) bond motifs is 1. The van der Waals surface area contributed by atoms with Gasteiger partial charge in [-0.05, 0) is 94.0 Å². The Balaban J connectivity index is 1.39. The zero-order chi connectivity index (χ0) is 31.6. The van der Waals surface area contributed by atoms with Crippen LogP contribution < -0.4 is 15.1 Å². The second-order valence-electron chi connectivity index (χ2n) is 12.3. The van der Waals surface area contributed by atoms with Gasteiger partial charge in [0.25, 0.3) is 5.91 Å². The largest absolute Gasteiger partial charge is 0.755 e. The van der Waals surface area contributed by atoms with Gasteiger partial charge in [-0.2, -0.15) is 0 Å². The third-order valence-electron chi connectivity index (χ3n) is 8.76. The second-order valence-corrected chi connectivity index (χ2v) is 13.6. The summed E-state index contributed by atoms with van der Waals surface area (Å²) in [5.74, 6) is -0.409. The van der Waals surface area contributed by atoms with Gasteiger partial charge in [0.1, 0.15) is 17.2 Å². The molecule has 1 atom stereocenters. The normalized spacial score (nSPS) is 18.0. The van der Waals surface area contributed by atoms with E-state index in [0.717, 1.165) is 18.4 Å². The van der Waals surface area contributed by atoms with Gasteiger partial charge in [0, 0.05) is 45.8 Å². The van der Waals surface area contributed by atoms with E-state index in [1.807, 2.05) is 33.8 Å². The summed E-state index contributed by atoms with van der Waals surface area (Å²) in [7, 11) is 0.661. The molecule has 1 aromatic heterocycles. The first-order chi connectivity index (χ1) is 20.8. The second kappa shape index (κ2) is 11.3. The van der Waals surface area contributed by atoms with Crippen LogP contribution in [0.3, 0.4) is 0 Å². The van der Waals surface area contributed by atoms with Gasteiger partial charge in [-0.15, -0.1) is 0 Å². The van der Waals surface area contributed by atoms with Crippen molar-refractivity contribution in [2.75, 3.05) is 11.4 Å². The zero-order valence-corrected chi connectivity index (χ0v) is 26.6. The standard InChI is InChI=1S/C32H33BClFN2O6S/c1-31(2)32(3,4)43-33(42-31)24-13-6-18(14-25(24)35)17-37(44(39)40)26-16-27-23(15-22(26)19-7-8-19)28(30(38)36-5)29(41-27)20-9-11-21(34)12-10-20/h6,9-16,19H,7-8,17H2,1-5H3,(H,36,38)(H,39,40)/p-1. The van der Waals surface area contributed by atoms with E-state index in [2.05, 4.69) is 5.32 Å². The molecule has 2 aliphatic rings. The van der Waals surface area contributed by atoms with Crippen LogP contribution in [0.1, 0.15) is 67.9 Å². The number of nitrogens with zero attached hydrogens (tertiary/aromatic N) is 1. The Kier molecular flexibility index (Phi) is 7.91. The number of carbonyl (C=O) groups is 1. The van der Waals surface area contributed by atoms with Crippen LogP contribution in [-0.2, 0) is 27.1 Å². The van der Waals surface area contributed by atoms with Crippen molar-refractivity contribution in [3.05, 3.63) is 82.1 Å². The molecule has 1 saturated carbocycles. The minimum absolute atomic E-state index is 0.116. The maximum atomic E-state index is 15.4. The number of amides is 1. The predicted molar refractivity (Wildman–Crippen MR) is 169 cm³/mol. The summed E-state index contributed by atoms with van der Waals surface area (Å²) in [6.45, 7) is 7.46. The van der Waals surface area contributed by atoms with Crippen LogP contribution in [0, 0.1) is 5.82 Å². The van der Waals surface area contributed by atoms with Gasteiger partial charge >= 0.3 is 7.12 Å². The maximum absolute atomic E-state index is 15.4. The van der Waals surface area contributed by atoms with Crippen LogP contribution in [-0.4, -0.2) is 40.0 Å². The minimum Gasteiger partial charge on any atom is -0.755 e. The molecule has 0 bridgehead atoms. The van der Waals surface area contributed by atoms with Crippen molar-refractivity contribution in [1.29, 1.82) is 0 Å². The maximum Gasteiger partial charge on any atom is 0.497 e. The van der Waals surface area contributed by atoms with Crippen molar-refractivity contribution in [3.8, 4) is 11.3 Å². The molecule has 0 spiro atoms. The van der Waals surface area contributed by atoms with Gasteiger partial charge in [0.15, 0.2) is 0 Å². The number of hydrogen-bond donors (Lipinski definition) is 1. The number of benzene rings is 3. The number of furan rings is 1. The average Bonchev–Trinajstić information content (AvgIpc) is 3.70. The highest BCUT2D eigenvalue weighted by atomic mass is 35.5. The Hall–Kier alpha value is -3.22. The van der Waals surface area contributed by atoms with Crippen LogP contribution in [0.2, 0.25) is 5.02 Å². The molecule has 2 fully saturated rings. The van der Waals surface area contributed by atoms with Crippen molar-refractivity contribution in [3.63, 3.8) is 0 Å². The van der Waals surface area contributed by atoms with Gasteiger partial charge in [-0.1, -0.05) is 23.7 Å². The molecule has 4 aromatic rings. The number of carbonyl (C=O) groups excluding carboxylic acids is 1. The molecule has 3 aromatic carbocycles. The van der Waals surface area contributed by atoms with Gasteiger partial charge in [0.2, 0.25) is 0 Å². The molecule has 1 amide bonds. The molecule has 1 aliphatic heterocycles. The molecule has 1 aliphatic carbocycles. The number of nitrogens with one attached hydrogen (secondary N) is 1. The molecule has 6 rings (SSSR count). The number of halogens is 2. The lowest BCUT2D eigenvalue weighted by molar-refractivity contribution is 0.00578. The van der Waals surface area contributed by atoms with Gasteiger partial charge < -0.3 is 23.6 Å². The SMILES string of the molecule is CNC(=O)c1c(-c2ccc(Cl)cc2)oc2cc(N(Cc3ccc(B4OC(C)(C)C(C)(C)O4)c(F)c3)S(=O)[O-])c(C3CC3)cc12. The summed E-state index contributed by atoms with van der Waals surface area (Å²) in [4.78, 5) is 13.1. The Labute approximate surface area is 263 Å². The fourth-order valence-electron chi connectivity index (χ4n) is 5.46. The topological polar surface area (TPSA) is 104 Å². The van der Waals surface area contributed by atoms with Crippen LogP contribution in [0.15, 0.2) is 59.0 Å². The lowest BCUT2D eigenvalue weighted by Gasteiger charge is -2.32. The smallest absolute Gasteiger partial charge is 0.497 e. The van der Waals surface area contributed by atoms with Gasteiger partial charge in [-0.25, -0.2) is 4.39 Å². The summed E-state index contributed by atoms with van der Waals surface area (Å²) in [5.41, 5.74) is 1.99. The fraction of sp³-hybridized carbons (Fsp3) is 0.344. The number of anilines is 1. The predicted octanol–water partition coefficient (Wildman–Crippen LogP) is 6.23. The summed E-state index contributed by atoms with van der Waals surface area (Å²) in [6, 6.07) is 15.0. The summed E-state index contributed by atoms with van der Waals surface area (Å²) >= 11 is 3.38. The summed E-state index contributed by atoms with van der Waals surface area (Å²) in [6.07, 6.45) is 1.76. The summed E-state index contributed by atoms with van der Waals surface area (Å²) < 4.78 is 60.3. The molecule has 12 heteroatoms. The molecule has 1 saturated heterocycles. The molecule has 0 radical (unpaired) electrons. The first-order valence-corrected chi connectivity index (χ1v) is 15.8. The van der Waals surface area contributed by atoms with Gasteiger partial charge in [0.05, 0.1) is 29.0 Å². The lowest BCUT2D eigenvalue weighted by atomic mass is 9.78. The Morgan fingerprint density at radius 2 is 1.75 bits per heavy atom. The van der Waals surface area contributed by atoms with Crippen molar-refractivity contribution in [1.82, 2.24) is 5.32 Å². The Morgan fingerprint density at radius 3 is 2.32 bits per heavy atom. The Bertz CT molecular complexity index is 1770. The number of rotatable bonds is 8. The molecule has 230 valence electrons. The Morgan fingerprint density at radius 1 is 1.09 bits per heavy atom. The van der Waals surface area contributed by atoms with Crippen molar-refractivity contribution in [2.24, 2.45) is 0 Å². The van der Waals surface area contributed by atoms with E-state index in [9.17, 15) is 13.6 Å². The quantitative estimate of drug-likeness (QED) is 0.182. The third kappa shape index (κ3) is 5.56. The van der Waals surface area contributed by atoms with Crippen LogP contribution >= 0.6 is 11.6 Å². The minimum atomic E-state index is -2.70. The van der Waals surface area contributed by atoms with E-state index in [1.165, 1.54) is 10.4 Å². The average molecular weight is 638 g/mol. The third-order valence-corrected chi connectivity index (χ3v) is 9.70. The van der Waals surface area contributed by atoms with Crippen LogP contribution in [0.25, 0.3) is 22.3 Å². The van der Waals surface area contributed by atoms with E-state index >= 15 is 4.39 Å². The summed E-state index contributed by atoms with van der Waals surface area (Å²) in [5, 5.41) is 3.80. The van der Waals surface area contributed by atoms with E-state index < -0.39 is 35.4 Å². The molecular weight excluding hydrogens is 606 g/mol. The molecule has 8 nitrogen and oxygen atoms in total. The van der Waals surface area contributed by atoms with Crippen molar-refractivity contribution < 1.29 is 31.7 Å². The highest BCUT2D eigenvalue weighted by molar-refractivity contribution is 7.80. The molecule has 2 heterocycles. The molecule has 1 unspecified atom stereocenters. The monoisotopic (exact) mass is 637 g/mol. The van der Waals surface area contributed by atoms with Crippen LogP contribution in [0.5, 0.6) is 0 Å². The first-order valence-electron chi connectivity index (χ1n) is 14.4. The van der Waals surface area contributed by atoms with Crippen molar-refractivity contribution >= 4 is 58.0 Å². The molecular formula is C32H32BClFN2O6S-. The first kappa shape index (κ1) is 30.8. The number of hydrogen-bond acceptors (Lipinski definition) is 6. The van der Waals surface area contributed by atoms with E-state index in [0.29, 0.717) is 44.1 Å². The molecule has 1 N–H and O–H groups in total. The lowest BCUT2D eigenvalue weighted by Crippen LogP contribution is -2.41. The highest BCUT2D eigenvalue weighted by Gasteiger charge is 2.52. The molecule has 44 heavy (non-hydrogen) atoms. The van der Waals surface area contributed by atoms with Crippen LogP contribution in [0.4, 0.5) is 10.1 Å². The highest BCUT2D eigenvalue weighted by Crippen LogP contribution is 2.48. The van der Waals surface area contributed by atoms with E-state index in [1.54, 1.807) is 49.5 Å². The fourth-order valence-corrected chi connectivity index (χ4v) is 6.15.